The Hall–Kier alpha value is -2.08. The monoisotopic (exact) mass is 278 g/mol. The van der Waals surface area contributed by atoms with Crippen LogP contribution in [-0.4, -0.2) is 36.2 Å². The van der Waals surface area contributed by atoms with Gasteiger partial charge in [0, 0.05) is 11.7 Å². The van der Waals surface area contributed by atoms with Gasteiger partial charge in [-0.3, -0.25) is 4.79 Å². The lowest BCUT2D eigenvalue weighted by Crippen LogP contribution is -2.32. The molecule has 0 radical (unpaired) electrons. The molecule has 2 unspecified atom stereocenters. The van der Waals surface area contributed by atoms with Gasteiger partial charge >= 0.3 is 5.97 Å². The average molecular weight is 278 g/mol. The summed E-state index contributed by atoms with van der Waals surface area (Å²) in [5, 5.41) is 14.6. The van der Waals surface area contributed by atoms with Crippen molar-refractivity contribution in [2.24, 2.45) is 5.92 Å². The second-order valence-electron chi connectivity index (χ2n) is 4.83. The summed E-state index contributed by atoms with van der Waals surface area (Å²) in [4.78, 5) is 22.4. The minimum atomic E-state index is -1.02. The van der Waals surface area contributed by atoms with Crippen LogP contribution in [0.4, 0.5) is 5.69 Å². The van der Waals surface area contributed by atoms with Gasteiger partial charge in [0.05, 0.1) is 5.92 Å². The highest BCUT2D eigenvalue weighted by Crippen LogP contribution is 2.20. The molecule has 1 aromatic rings. The summed E-state index contributed by atoms with van der Waals surface area (Å²) < 4.78 is 5.02. The zero-order chi connectivity index (χ0) is 14.5. The lowest BCUT2D eigenvalue weighted by molar-refractivity contribution is -0.139. The molecule has 6 nitrogen and oxygen atoms in total. The molecule has 1 heterocycles. The number of amides is 1. The number of nitrogens with one attached hydrogen (secondary N) is 2. The Kier molecular flexibility index (Phi) is 4.57. The van der Waals surface area contributed by atoms with Crippen molar-refractivity contribution in [1.29, 1.82) is 0 Å². The Balaban J connectivity index is 1.90. The van der Waals surface area contributed by atoms with Gasteiger partial charge < -0.3 is 20.5 Å². The maximum absolute atomic E-state index is 12.1. The van der Waals surface area contributed by atoms with E-state index in [1.807, 2.05) is 6.92 Å². The first-order chi connectivity index (χ1) is 9.56. The van der Waals surface area contributed by atoms with Crippen molar-refractivity contribution in [1.82, 2.24) is 5.32 Å². The quantitative estimate of drug-likeness (QED) is 0.750. The van der Waals surface area contributed by atoms with E-state index >= 15 is 0 Å². The van der Waals surface area contributed by atoms with E-state index in [1.54, 1.807) is 24.3 Å². The molecule has 0 aliphatic carbocycles. The van der Waals surface area contributed by atoms with E-state index in [9.17, 15) is 9.59 Å². The number of anilines is 1. The van der Waals surface area contributed by atoms with Crippen molar-refractivity contribution in [3.05, 3.63) is 24.3 Å². The van der Waals surface area contributed by atoms with Crippen molar-refractivity contribution in [3.8, 4) is 5.75 Å². The first-order valence-electron chi connectivity index (χ1n) is 6.55. The average Bonchev–Trinajstić information content (AvgIpc) is 2.84. The number of hydrogen-bond donors (Lipinski definition) is 3. The first kappa shape index (κ1) is 14.3. The van der Waals surface area contributed by atoms with Gasteiger partial charge in [-0.05, 0) is 44.2 Å². The van der Waals surface area contributed by atoms with Crippen molar-refractivity contribution < 1.29 is 19.4 Å². The van der Waals surface area contributed by atoms with Crippen LogP contribution in [0.25, 0.3) is 0 Å². The predicted molar refractivity (Wildman–Crippen MR) is 73.8 cm³/mol. The van der Waals surface area contributed by atoms with E-state index in [-0.39, 0.29) is 24.5 Å². The topological polar surface area (TPSA) is 87.7 Å². The number of ether oxygens (including phenoxy) is 1. The maximum atomic E-state index is 12.1. The highest BCUT2D eigenvalue weighted by Gasteiger charge is 2.29. The standard InChI is InChI=1S/C14H18N2O4/c1-9-12(6-7-15-9)14(19)16-10-2-4-11(5-3-10)20-8-13(17)18/h2-5,9,12,15H,6-8H2,1H3,(H,16,19)(H,17,18). The SMILES string of the molecule is CC1NCCC1C(=O)Nc1ccc(OCC(=O)O)cc1. The first-order valence-corrected chi connectivity index (χ1v) is 6.55. The third-order valence-electron chi connectivity index (χ3n) is 3.35. The molecule has 0 aromatic heterocycles. The van der Waals surface area contributed by atoms with Crippen LogP contribution in [0.2, 0.25) is 0 Å². The largest absolute Gasteiger partial charge is 0.482 e. The number of carboxylic acid groups (broad SMARTS) is 1. The molecule has 0 spiro atoms. The molecule has 1 saturated heterocycles. The Morgan fingerprint density at radius 2 is 2.10 bits per heavy atom. The van der Waals surface area contributed by atoms with Gasteiger partial charge in [0.25, 0.3) is 0 Å². The van der Waals surface area contributed by atoms with Crippen molar-refractivity contribution in [2.75, 3.05) is 18.5 Å². The van der Waals surface area contributed by atoms with Crippen LogP contribution < -0.4 is 15.4 Å². The van der Waals surface area contributed by atoms with Crippen LogP contribution in [0, 0.1) is 5.92 Å². The van der Waals surface area contributed by atoms with Gasteiger partial charge in [-0.1, -0.05) is 0 Å². The molecular weight excluding hydrogens is 260 g/mol. The summed E-state index contributed by atoms with van der Waals surface area (Å²) in [5.74, 6) is -0.578. The number of aliphatic carboxylic acids is 1. The van der Waals surface area contributed by atoms with Gasteiger partial charge in [-0.2, -0.15) is 0 Å². The Labute approximate surface area is 117 Å². The number of rotatable bonds is 5. The lowest BCUT2D eigenvalue weighted by Gasteiger charge is -2.15. The molecule has 1 fully saturated rings. The third kappa shape index (κ3) is 3.71. The summed E-state index contributed by atoms with van der Waals surface area (Å²) in [6.45, 7) is 2.48. The number of carbonyl (C=O) groups is 2. The molecule has 1 aromatic carbocycles. The molecule has 1 aliphatic rings. The summed E-state index contributed by atoms with van der Waals surface area (Å²) in [6.07, 6.45) is 0.840. The Morgan fingerprint density at radius 3 is 2.65 bits per heavy atom. The molecular formula is C14H18N2O4. The molecule has 6 heteroatoms. The summed E-state index contributed by atoms with van der Waals surface area (Å²) in [6, 6.07) is 6.85. The van der Waals surface area contributed by atoms with E-state index in [0.717, 1.165) is 13.0 Å². The van der Waals surface area contributed by atoms with E-state index in [4.69, 9.17) is 9.84 Å². The van der Waals surface area contributed by atoms with Crippen LogP contribution in [-0.2, 0) is 9.59 Å². The van der Waals surface area contributed by atoms with E-state index in [1.165, 1.54) is 0 Å². The van der Waals surface area contributed by atoms with Gasteiger partial charge in [0.15, 0.2) is 6.61 Å². The van der Waals surface area contributed by atoms with E-state index < -0.39 is 5.97 Å². The second-order valence-corrected chi connectivity index (χ2v) is 4.83. The van der Waals surface area contributed by atoms with Crippen molar-refractivity contribution in [3.63, 3.8) is 0 Å². The lowest BCUT2D eigenvalue weighted by atomic mass is 10.0. The van der Waals surface area contributed by atoms with E-state index in [0.29, 0.717) is 11.4 Å². The normalized spacial score (nSPS) is 21.4. The minimum Gasteiger partial charge on any atom is -0.482 e. The molecule has 0 saturated carbocycles. The predicted octanol–water partition coefficient (Wildman–Crippen LogP) is 1.09. The highest BCUT2D eigenvalue weighted by molar-refractivity contribution is 5.93. The Morgan fingerprint density at radius 1 is 1.40 bits per heavy atom. The summed E-state index contributed by atoms with van der Waals surface area (Å²) >= 11 is 0. The fourth-order valence-corrected chi connectivity index (χ4v) is 2.23. The second kappa shape index (κ2) is 6.38. The molecule has 2 rings (SSSR count). The van der Waals surface area contributed by atoms with Crippen molar-refractivity contribution >= 4 is 17.6 Å². The summed E-state index contributed by atoms with van der Waals surface area (Å²) in [7, 11) is 0. The minimum absolute atomic E-state index is 0.00158. The molecule has 1 aliphatic heterocycles. The van der Waals surface area contributed by atoms with Gasteiger partial charge in [0.2, 0.25) is 5.91 Å². The van der Waals surface area contributed by atoms with Crippen LogP contribution in [0.5, 0.6) is 5.75 Å². The van der Waals surface area contributed by atoms with Crippen LogP contribution >= 0.6 is 0 Å². The third-order valence-corrected chi connectivity index (χ3v) is 3.35. The van der Waals surface area contributed by atoms with Crippen molar-refractivity contribution in [2.45, 2.75) is 19.4 Å². The zero-order valence-electron chi connectivity index (χ0n) is 11.3. The number of benzene rings is 1. The molecule has 108 valence electrons. The molecule has 20 heavy (non-hydrogen) atoms. The molecule has 2 atom stereocenters. The fraction of sp³-hybridized carbons (Fsp3) is 0.429. The van der Waals surface area contributed by atoms with Crippen LogP contribution in [0.1, 0.15) is 13.3 Å². The van der Waals surface area contributed by atoms with Crippen LogP contribution in [0.3, 0.4) is 0 Å². The number of carboxylic acids is 1. The van der Waals surface area contributed by atoms with Gasteiger partial charge in [-0.25, -0.2) is 4.79 Å². The number of carbonyl (C=O) groups excluding carboxylic acids is 1. The van der Waals surface area contributed by atoms with E-state index in [2.05, 4.69) is 10.6 Å². The maximum Gasteiger partial charge on any atom is 0.341 e. The molecule has 0 bridgehead atoms. The number of hydrogen-bond acceptors (Lipinski definition) is 4. The van der Waals surface area contributed by atoms with Gasteiger partial charge in [0.1, 0.15) is 5.75 Å². The Bertz CT molecular complexity index is 486. The highest BCUT2D eigenvalue weighted by atomic mass is 16.5. The van der Waals surface area contributed by atoms with Crippen LogP contribution in [0.15, 0.2) is 24.3 Å². The molecule has 1 amide bonds. The fourth-order valence-electron chi connectivity index (χ4n) is 2.23. The van der Waals surface area contributed by atoms with Gasteiger partial charge in [-0.15, -0.1) is 0 Å². The smallest absolute Gasteiger partial charge is 0.341 e. The molecule has 3 N–H and O–H groups in total. The zero-order valence-corrected chi connectivity index (χ0v) is 11.3. The summed E-state index contributed by atoms with van der Waals surface area (Å²) in [5.41, 5.74) is 0.678.